The number of thiazole rings is 1. The van der Waals surface area contributed by atoms with Crippen molar-refractivity contribution in [3.63, 3.8) is 0 Å². The van der Waals surface area contributed by atoms with Crippen molar-refractivity contribution in [2.45, 2.75) is 13.5 Å². The molecule has 0 fully saturated rings. The van der Waals surface area contributed by atoms with Crippen molar-refractivity contribution in [3.05, 3.63) is 28.2 Å². The van der Waals surface area contributed by atoms with E-state index in [-0.39, 0.29) is 0 Å². The van der Waals surface area contributed by atoms with Gasteiger partial charge in [0.25, 0.3) is 0 Å². The fourth-order valence-corrected chi connectivity index (χ4v) is 1.95. The first kappa shape index (κ1) is 10.7. The maximum absolute atomic E-state index is 5.60. The predicted molar refractivity (Wildman–Crippen MR) is 67.2 cm³/mol. The van der Waals surface area contributed by atoms with Crippen molar-refractivity contribution in [1.82, 2.24) is 9.97 Å². The number of nitrogen functional groups attached to an aromatic ring is 2. The molecule has 2 rings (SSSR count). The van der Waals surface area contributed by atoms with E-state index in [0.717, 1.165) is 10.7 Å². The molecule has 0 aliphatic rings. The number of nitrogens with one attached hydrogen (secondary N) is 1. The molecular formula is C10H13N5S. The van der Waals surface area contributed by atoms with E-state index in [1.54, 1.807) is 23.5 Å². The van der Waals surface area contributed by atoms with E-state index < -0.39 is 0 Å². The topological polar surface area (TPSA) is 89.8 Å². The second kappa shape index (κ2) is 4.36. The van der Waals surface area contributed by atoms with Crippen LogP contribution in [0.2, 0.25) is 0 Å². The number of rotatable bonds is 3. The summed E-state index contributed by atoms with van der Waals surface area (Å²) in [5.74, 6) is 1.06. The average molecular weight is 235 g/mol. The molecule has 0 spiro atoms. The molecule has 5 nitrogen and oxygen atoms in total. The normalized spacial score (nSPS) is 10.3. The molecule has 2 heterocycles. The maximum Gasteiger partial charge on any atom is 0.149 e. The Morgan fingerprint density at radius 1 is 1.31 bits per heavy atom. The van der Waals surface area contributed by atoms with Gasteiger partial charge in [-0.25, -0.2) is 9.97 Å². The van der Waals surface area contributed by atoms with Gasteiger partial charge in [0.05, 0.1) is 12.2 Å². The zero-order chi connectivity index (χ0) is 11.5. The van der Waals surface area contributed by atoms with Crippen LogP contribution in [-0.2, 0) is 6.54 Å². The van der Waals surface area contributed by atoms with Gasteiger partial charge in [-0.15, -0.1) is 11.3 Å². The molecule has 0 aliphatic carbocycles. The summed E-state index contributed by atoms with van der Waals surface area (Å²) in [6.07, 6.45) is 0. The molecule has 0 aromatic carbocycles. The zero-order valence-electron chi connectivity index (χ0n) is 8.90. The standard InChI is InChI=1S/C10H13N5S/c1-6-5-16-9(14-6)4-13-8-3-2-7(11)10(12)15-8/h2-3,5H,4,11H2,1H3,(H3,12,13,15). The van der Waals surface area contributed by atoms with Gasteiger partial charge in [0, 0.05) is 11.1 Å². The summed E-state index contributed by atoms with van der Waals surface area (Å²) in [7, 11) is 0. The van der Waals surface area contributed by atoms with E-state index in [1.165, 1.54) is 0 Å². The summed E-state index contributed by atoms with van der Waals surface area (Å²) < 4.78 is 0. The fraction of sp³-hybridized carbons (Fsp3) is 0.200. The van der Waals surface area contributed by atoms with Crippen LogP contribution in [0.4, 0.5) is 17.3 Å². The van der Waals surface area contributed by atoms with Gasteiger partial charge in [-0.1, -0.05) is 0 Å². The zero-order valence-corrected chi connectivity index (χ0v) is 9.71. The molecule has 0 unspecified atom stereocenters. The molecule has 0 saturated heterocycles. The van der Waals surface area contributed by atoms with Crippen LogP contribution in [0.15, 0.2) is 17.5 Å². The van der Waals surface area contributed by atoms with Crippen LogP contribution >= 0.6 is 11.3 Å². The Morgan fingerprint density at radius 3 is 2.75 bits per heavy atom. The van der Waals surface area contributed by atoms with Crippen molar-refractivity contribution < 1.29 is 0 Å². The van der Waals surface area contributed by atoms with E-state index in [1.807, 2.05) is 12.3 Å². The average Bonchev–Trinajstić information content (AvgIpc) is 2.66. The molecule has 5 N–H and O–H groups in total. The van der Waals surface area contributed by atoms with Crippen LogP contribution in [-0.4, -0.2) is 9.97 Å². The van der Waals surface area contributed by atoms with Gasteiger partial charge in [0.1, 0.15) is 16.6 Å². The number of nitrogens with zero attached hydrogens (tertiary/aromatic N) is 2. The van der Waals surface area contributed by atoms with E-state index in [4.69, 9.17) is 11.5 Å². The lowest BCUT2D eigenvalue weighted by Gasteiger charge is -2.05. The van der Waals surface area contributed by atoms with Crippen molar-refractivity contribution in [3.8, 4) is 0 Å². The van der Waals surface area contributed by atoms with Crippen LogP contribution in [0, 0.1) is 6.92 Å². The Bertz CT molecular complexity index is 494. The Hall–Kier alpha value is -1.82. The van der Waals surface area contributed by atoms with Crippen molar-refractivity contribution in [2.24, 2.45) is 0 Å². The first-order valence-corrected chi connectivity index (χ1v) is 5.70. The highest BCUT2D eigenvalue weighted by molar-refractivity contribution is 7.09. The Balaban J connectivity index is 2.02. The quantitative estimate of drug-likeness (QED) is 0.752. The number of anilines is 3. The minimum Gasteiger partial charge on any atom is -0.396 e. The van der Waals surface area contributed by atoms with Crippen LogP contribution < -0.4 is 16.8 Å². The molecule has 6 heteroatoms. The van der Waals surface area contributed by atoms with Crippen LogP contribution in [0.3, 0.4) is 0 Å². The third kappa shape index (κ3) is 2.40. The van der Waals surface area contributed by atoms with Gasteiger partial charge in [-0.2, -0.15) is 0 Å². The minimum atomic E-state index is 0.348. The lowest BCUT2D eigenvalue weighted by Crippen LogP contribution is -2.04. The molecule has 2 aromatic heterocycles. The summed E-state index contributed by atoms with van der Waals surface area (Å²) in [6, 6.07) is 3.53. The van der Waals surface area contributed by atoms with Gasteiger partial charge < -0.3 is 16.8 Å². The number of hydrogen-bond donors (Lipinski definition) is 3. The van der Waals surface area contributed by atoms with Gasteiger partial charge in [0.15, 0.2) is 0 Å². The molecule has 84 valence electrons. The van der Waals surface area contributed by atoms with E-state index in [2.05, 4.69) is 15.3 Å². The maximum atomic E-state index is 5.60. The number of aromatic nitrogens is 2. The molecule has 2 aromatic rings. The number of aryl methyl sites for hydroxylation is 1. The first-order valence-electron chi connectivity index (χ1n) is 4.82. The predicted octanol–water partition coefficient (Wildman–Crippen LogP) is 1.62. The van der Waals surface area contributed by atoms with E-state index in [0.29, 0.717) is 23.9 Å². The van der Waals surface area contributed by atoms with E-state index in [9.17, 15) is 0 Å². The Labute approximate surface area is 97.5 Å². The summed E-state index contributed by atoms with van der Waals surface area (Å²) in [6.45, 7) is 2.62. The van der Waals surface area contributed by atoms with Crippen LogP contribution in [0.5, 0.6) is 0 Å². The fourth-order valence-electron chi connectivity index (χ4n) is 1.23. The Morgan fingerprint density at radius 2 is 2.12 bits per heavy atom. The van der Waals surface area contributed by atoms with Gasteiger partial charge >= 0.3 is 0 Å². The largest absolute Gasteiger partial charge is 0.396 e. The van der Waals surface area contributed by atoms with Gasteiger partial charge in [0.2, 0.25) is 0 Å². The third-order valence-electron chi connectivity index (χ3n) is 2.04. The second-order valence-corrected chi connectivity index (χ2v) is 4.35. The van der Waals surface area contributed by atoms with Gasteiger partial charge in [-0.3, -0.25) is 0 Å². The summed E-state index contributed by atoms with van der Waals surface area (Å²) >= 11 is 1.62. The monoisotopic (exact) mass is 235 g/mol. The highest BCUT2D eigenvalue weighted by Crippen LogP contribution is 2.16. The lowest BCUT2D eigenvalue weighted by molar-refractivity contribution is 1.06. The highest BCUT2D eigenvalue weighted by Gasteiger charge is 2.01. The molecule has 0 amide bonds. The number of nitrogens with two attached hydrogens (primary N) is 2. The SMILES string of the molecule is Cc1csc(CNc2ccc(N)c(N)n2)n1. The van der Waals surface area contributed by atoms with Crippen LogP contribution in [0.1, 0.15) is 10.7 Å². The van der Waals surface area contributed by atoms with Crippen LogP contribution in [0.25, 0.3) is 0 Å². The molecular weight excluding hydrogens is 222 g/mol. The first-order chi connectivity index (χ1) is 7.65. The van der Waals surface area contributed by atoms with Gasteiger partial charge in [-0.05, 0) is 19.1 Å². The lowest BCUT2D eigenvalue weighted by atomic mass is 10.4. The molecule has 16 heavy (non-hydrogen) atoms. The van der Waals surface area contributed by atoms with Crippen molar-refractivity contribution >= 4 is 28.7 Å². The molecule has 0 aliphatic heterocycles. The Kier molecular flexibility index (Phi) is 2.91. The van der Waals surface area contributed by atoms with Crippen molar-refractivity contribution in [2.75, 3.05) is 16.8 Å². The third-order valence-corrected chi connectivity index (χ3v) is 3.01. The summed E-state index contributed by atoms with van der Waals surface area (Å²) in [5.41, 5.74) is 12.7. The summed E-state index contributed by atoms with van der Waals surface area (Å²) in [4.78, 5) is 8.45. The van der Waals surface area contributed by atoms with E-state index >= 15 is 0 Å². The number of pyridine rings is 1. The number of hydrogen-bond acceptors (Lipinski definition) is 6. The molecule has 0 saturated carbocycles. The molecule has 0 atom stereocenters. The minimum absolute atomic E-state index is 0.348. The molecule has 0 radical (unpaired) electrons. The smallest absolute Gasteiger partial charge is 0.149 e. The van der Waals surface area contributed by atoms with Crippen molar-refractivity contribution in [1.29, 1.82) is 0 Å². The summed E-state index contributed by atoms with van der Waals surface area (Å²) in [5, 5.41) is 6.18. The molecule has 0 bridgehead atoms. The second-order valence-electron chi connectivity index (χ2n) is 3.41. The highest BCUT2D eigenvalue weighted by atomic mass is 32.1.